The Kier molecular flexibility index (Phi) is 6.40. The van der Waals surface area contributed by atoms with Crippen LogP contribution >= 0.6 is 12.2 Å². The lowest BCUT2D eigenvalue weighted by atomic mass is 10.0. The Hall–Kier alpha value is -0.680. The molecule has 0 aromatic carbocycles. The number of nitrogens with two attached hydrogens (primary N) is 1. The minimum atomic E-state index is -0.252. The van der Waals surface area contributed by atoms with Crippen molar-refractivity contribution in [2.24, 2.45) is 11.7 Å². The molecule has 0 saturated heterocycles. The summed E-state index contributed by atoms with van der Waals surface area (Å²) in [6, 6.07) is -0.252. The molecule has 1 atom stereocenters. The van der Waals surface area contributed by atoms with Gasteiger partial charge < -0.3 is 15.8 Å². The first kappa shape index (κ1) is 13.3. The van der Waals surface area contributed by atoms with Crippen LogP contribution in [0.5, 0.6) is 0 Å². The fraction of sp³-hybridized carbons (Fsp3) is 0.778. The molecule has 0 saturated carbocycles. The van der Waals surface area contributed by atoms with E-state index in [1.165, 1.54) is 0 Å². The van der Waals surface area contributed by atoms with Crippen molar-refractivity contribution in [2.75, 3.05) is 13.2 Å². The number of hydrogen-bond acceptors (Lipinski definition) is 3. The van der Waals surface area contributed by atoms with Gasteiger partial charge >= 0.3 is 0 Å². The van der Waals surface area contributed by atoms with Crippen molar-refractivity contribution in [2.45, 2.75) is 26.8 Å². The molecule has 5 heteroatoms. The molecule has 0 aliphatic rings. The van der Waals surface area contributed by atoms with E-state index in [9.17, 15) is 4.79 Å². The molecule has 0 aliphatic heterocycles. The van der Waals surface area contributed by atoms with Gasteiger partial charge in [-0.05, 0) is 12.8 Å². The molecule has 0 aromatic rings. The summed E-state index contributed by atoms with van der Waals surface area (Å²) in [4.78, 5) is 11.6. The van der Waals surface area contributed by atoms with Crippen LogP contribution in [0.25, 0.3) is 0 Å². The molecule has 0 fully saturated rings. The number of nitrogens with one attached hydrogen (secondary N) is 1. The minimum absolute atomic E-state index is 0.0579. The standard InChI is InChI=1S/C9H18N2O2S/c1-4-13-5-7(12)11-8(6(2)3)9(10)14/h6,8H,4-5H2,1-3H3,(H2,10,14)(H,11,12). The number of amides is 1. The highest BCUT2D eigenvalue weighted by molar-refractivity contribution is 7.80. The van der Waals surface area contributed by atoms with Crippen molar-refractivity contribution < 1.29 is 9.53 Å². The molecule has 0 rings (SSSR count). The maximum atomic E-state index is 11.3. The zero-order valence-corrected chi connectivity index (χ0v) is 9.69. The largest absolute Gasteiger partial charge is 0.392 e. The zero-order valence-electron chi connectivity index (χ0n) is 8.87. The third-order valence-corrected chi connectivity index (χ3v) is 1.98. The topological polar surface area (TPSA) is 64.3 Å². The van der Waals surface area contributed by atoms with Crippen LogP contribution in [-0.4, -0.2) is 30.2 Å². The van der Waals surface area contributed by atoms with Gasteiger partial charge in [0, 0.05) is 6.61 Å². The smallest absolute Gasteiger partial charge is 0.246 e. The average molecular weight is 218 g/mol. The number of ether oxygens (including phenoxy) is 1. The molecular formula is C9H18N2O2S. The van der Waals surface area contributed by atoms with E-state index in [0.29, 0.717) is 11.6 Å². The fourth-order valence-electron chi connectivity index (χ4n) is 0.976. The van der Waals surface area contributed by atoms with E-state index in [4.69, 9.17) is 22.7 Å². The van der Waals surface area contributed by atoms with Gasteiger partial charge in [0.25, 0.3) is 0 Å². The summed E-state index contributed by atoms with van der Waals surface area (Å²) in [5.41, 5.74) is 5.49. The van der Waals surface area contributed by atoms with E-state index in [1.54, 1.807) is 0 Å². The number of rotatable bonds is 6. The maximum absolute atomic E-state index is 11.3. The predicted molar refractivity (Wildman–Crippen MR) is 60.0 cm³/mol. The summed E-state index contributed by atoms with van der Waals surface area (Å²) in [7, 11) is 0. The van der Waals surface area contributed by atoms with Gasteiger partial charge in [0.1, 0.15) is 6.61 Å². The van der Waals surface area contributed by atoms with Gasteiger partial charge in [-0.25, -0.2) is 0 Å². The first-order valence-electron chi connectivity index (χ1n) is 4.65. The highest BCUT2D eigenvalue weighted by Gasteiger charge is 2.18. The van der Waals surface area contributed by atoms with Crippen LogP contribution in [0.3, 0.4) is 0 Å². The first-order chi connectivity index (χ1) is 6.49. The lowest BCUT2D eigenvalue weighted by Crippen LogP contribution is -2.47. The molecule has 14 heavy (non-hydrogen) atoms. The van der Waals surface area contributed by atoms with Crippen molar-refractivity contribution in [3.05, 3.63) is 0 Å². The van der Waals surface area contributed by atoms with Crippen LogP contribution in [0.4, 0.5) is 0 Å². The maximum Gasteiger partial charge on any atom is 0.246 e. The van der Waals surface area contributed by atoms with E-state index in [-0.39, 0.29) is 24.5 Å². The predicted octanol–water partition coefficient (Wildman–Crippen LogP) is 0.450. The molecule has 0 bridgehead atoms. The summed E-state index contributed by atoms with van der Waals surface area (Å²) in [6.07, 6.45) is 0. The van der Waals surface area contributed by atoms with Gasteiger partial charge in [-0.1, -0.05) is 26.1 Å². The van der Waals surface area contributed by atoms with Crippen molar-refractivity contribution >= 4 is 23.1 Å². The Morgan fingerprint density at radius 1 is 1.57 bits per heavy atom. The second-order valence-corrected chi connectivity index (χ2v) is 3.80. The summed E-state index contributed by atoms with van der Waals surface area (Å²) in [5.74, 6) is 0.0106. The van der Waals surface area contributed by atoms with E-state index in [0.717, 1.165) is 0 Å². The SMILES string of the molecule is CCOCC(=O)NC(C(N)=S)C(C)C. The van der Waals surface area contributed by atoms with E-state index in [2.05, 4.69) is 5.32 Å². The van der Waals surface area contributed by atoms with Crippen LogP contribution < -0.4 is 11.1 Å². The van der Waals surface area contributed by atoms with Gasteiger partial charge in [0.15, 0.2) is 0 Å². The lowest BCUT2D eigenvalue weighted by molar-refractivity contribution is -0.126. The summed E-state index contributed by atoms with van der Waals surface area (Å²) in [5, 5.41) is 2.72. The van der Waals surface area contributed by atoms with E-state index < -0.39 is 0 Å². The molecular weight excluding hydrogens is 200 g/mol. The van der Waals surface area contributed by atoms with Crippen LogP contribution in [0, 0.1) is 5.92 Å². The summed E-state index contributed by atoms with van der Waals surface area (Å²) < 4.78 is 4.96. The van der Waals surface area contributed by atoms with Crippen molar-refractivity contribution in [3.63, 3.8) is 0 Å². The molecule has 0 heterocycles. The Morgan fingerprint density at radius 2 is 2.14 bits per heavy atom. The summed E-state index contributed by atoms with van der Waals surface area (Å²) >= 11 is 4.85. The van der Waals surface area contributed by atoms with Gasteiger partial charge in [-0.3, -0.25) is 4.79 Å². The Morgan fingerprint density at radius 3 is 2.50 bits per heavy atom. The van der Waals surface area contributed by atoms with Crippen LogP contribution in [0.15, 0.2) is 0 Å². The third kappa shape index (κ3) is 5.14. The monoisotopic (exact) mass is 218 g/mol. The number of carbonyl (C=O) groups is 1. The fourth-order valence-corrected chi connectivity index (χ4v) is 1.31. The molecule has 0 aliphatic carbocycles. The Bertz CT molecular complexity index is 207. The minimum Gasteiger partial charge on any atom is -0.392 e. The first-order valence-corrected chi connectivity index (χ1v) is 5.06. The highest BCUT2D eigenvalue weighted by Crippen LogP contribution is 2.01. The molecule has 1 unspecified atom stereocenters. The van der Waals surface area contributed by atoms with Crippen molar-refractivity contribution in [1.82, 2.24) is 5.32 Å². The number of carbonyl (C=O) groups excluding carboxylic acids is 1. The van der Waals surface area contributed by atoms with Crippen molar-refractivity contribution in [3.8, 4) is 0 Å². The quantitative estimate of drug-likeness (QED) is 0.635. The van der Waals surface area contributed by atoms with Gasteiger partial charge in [-0.2, -0.15) is 0 Å². The van der Waals surface area contributed by atoms with E-state index >= 15 is 0 Å². The second-order valence-electron chi connectivity index (χ2n) is 3.33. The van der Waals surface area contributed by atoms with Crippen LogP contribution in [-0.2, 0) is 9.53 Å². The normalized spacial score (nSPS) is 12.6. The molecule has 0 radical (unpaired) electrons. The number of hydrogen-bond donors (Lipinski definition) is 2. The zero-order chi connectivity index (χ0) is 11.1. The van der Waals surface area contributed by atoms with Crippen LogP contribution in [0.2, 0.25) is 0 Å². The molecule has 1 amide bonds. The van der Waals surface area contributed by atoms with E-state index in [1.807, 2.05) is 20.8 Å². The molecule has 3 N–H and O–H groups in total. The molecule has 0 spiro atoms. The molecule has 82 valence electrons. The van der Waals surface area contributed by atoms with Gasteiger partial charge in [0.2, 0.25) is 5.91 Å². The Labute approximate surface area is 90.2 Å². The molecule has 4 nitrogen and oxygen atoms in total. The second kappa shape index (κ2) is 6.73. The summed E-state index contributed by atoms with van der Waals surface area (Å²) in [6.45, 7) is 6.31. The van der Waals surface area contributed by atoms with Crippen molar-refractivity contribution in [1.29, 1.82) is 0 Å². The van der Waals surface area contributed by atoms with Gasteiger partial charge in [0.05, 0.1) is 11.0 Å². The van der Waals surface area contributed by atoms with Crippen LogP contribution in [0.1, 0.15) is 20.8 Å². The lowest BCUT2D eigenvalue weighted by Gasteiger charge is -2.20. The number of thiocarbonyl (C=S) groups is 1. The average Bonchev–Trinajstić information content (AvgIpc) is 2.09. The Balaban J connectivity index is 4.04. The molecule has 0 aromatic heterocycles. The van der Waals surface area contributed by atoms with Gasteiger partial charge in [-0.15, -0.1) is 0 Å². The highest BCUT2D eigenvalue weighted by atomic mass is 32.1. The third-order valence-electron chi connectivity index (χ3n) is 1.73.